The van der Waals surface area contributed by atoms with Gasteiger partial charge in [0.2, 0.25) is 0 Å². The molecule has 1 saturated carbocycles. The number of nitrogens with one attached hydrogen (secondary N) is 2. The SMILES string of the molecule is Cc1ccc(S(=O)(=O)Nc2ccc(NC3CCCCCC3)cn2)cc1. The second kappa shape index (κ2) is 7.87. The summed E-state index contributed by atoms with van der Waals surface area (Å²) in [5.41, 5.74) is 1.95. The molecule has 1 aromatic carbocycles. The van der Waals surface area contributed by atoms with Crippen molar-refractivity contribution < 1.29 is 8.42 Å². The highest BCUT2D eigenvalue weighted by Crippen LogP contribution is 2.22. The summed E-state index contributed by atoms with van der Waals surface area (Å²) in [6.45, 7) is 1.92. The van der Waals surface area contributed by atoms with Crippen LogP contribution in [0.15, 0.2) is 47.5 Å². The zero-order valence-electron chi connectivity index (χ0n) is 14.5. The number of hydrogen-bond acceptors (Lipinski definition) is 4. The van der Waals surface area contributed by atoms with Gasteiger partial charge in [-0.05, 0) is 44.0 Å². The fourth-order valence-electron chi connectivity index (χ4n) is 3.11. The van der Waals surface area contributed by atoms with E-state index in [1.165, 1.54) is 38.5 Å². The lowest BCUT2D eigenvalue weighted by Gasteiger charge is -2.17. The lowest BCUT2D eigenvalue weighted by molar-refractivity contribution is 0.601. The molecule has 6 heteroatoms. The van der Waals surface area contributed by atoms with Gasteiger partial charge < -0.3 is 5.32 Å². The van der Waals surface area contributed by atoms with E-state index in [0.717, 1.165) is 11.3 Å². The predicted octanol–water partition coefficient (Wildman–Crippen LogP) is 4.33. The Morgan fingerprint density at radius 1 is 0.960 bits per heavy atom. The first-order chi connectivity index (χ1) is 12.0. The van der Waals surface area contributed by atoms with Crippen molar-refractivity contribution in [2.24, 2.45) is 0 Å². The van der Waals surface area contributed by atoms with Crippen LogP contribution in [0.25, 0.3) is 0 Å². The van der Waals surface area contributed by atoms with Gasteiger partial charge in [0, 0.05) is 6.04 Å². The van der Waals surface area contributed by atoms with E-state index in [-0.39, 0.29) is 4.90 Å². The Morgan fingerprint density at radius 3 is 2.24 bits per heavy atom. The number of benzene rings is 1. The molecule has 0 unspecified atom stereocenters. The topological polar surface area (TPSA) is 71.1 Å². The van der Waals surface area contributed by atoms with Crippen LogP contribution >= 0.6 is 0 Å². The molecule has 0 amide bonds. The minimum atomic E-state index is -3.61. The van der Waals surface area contributed by atoms with Crippen LogP contribution in [0.2, 0.25) is 0 Å². The number of aromatic nitrogens is 1. The molecule has 1 aliphatic carbocycles. The minimum absolute atomic E-state index is 0.237. The molecule has 2 aromatic rings. The minimum Gasteiger partial charge on any atom is -0.381 e. The maximum atomic E-state index is 12.4. The van der Waals surface area contributed by atoms with Crippen molar-refractivity contribution >= 4 is 21.5 Å². The second-order valence-corrected chi connectivity index (χ2v) is 8.37. The molecule has 0 radical (unpaired) electrons. The highest BCUT2D eigenvalue weighted by atomic mass is 32.2. The highest BCUT2D eigenvalue weighted by molar-refractivity contribution is 7.92. The summed E-state index contributed by atoms with van der Waals surface area (Å²) in [5.74, 6) is 0.326. The third-order valence-corrected chi connectivity index (χ3v) is 5.93. The monoisotopic (exact) mass is 359 g/mol. The molecule has 0 spiro atoms. The van der Waals surface area contributed by atoms with Gasteiger partial charge in [0.25, 0.3) is 10.0 Å². The first-order valence-corrected chi connectivity index (χ1v) is 10.3. The van der Waals surface area contributed by atoms with Crippen LogP contribution in [0.5, 0.6) is 0 Å². The average Bonchev–Trinajstić information content (AvgIpc) is 2.85. The zero-order chi connectivity index (χ0) is 17.7. The Kier molecular flexibility index (Phi) is 5.58. The summed E-state index contributed by atoms with van der Waals surface area (Å²) in [4.78, 5) is 4.48. The number of nitrogens with zero attached hydrogens (tertiary/aromatic N) is 1. The van der Waals surface area contributed by atoms with Crippen molar-refractivity contribution in [3.8, 4) is 0 Å². The fraction of sp³-hybridized carbons (Fsp3) is 0.421. The maximum Gasteiger partial charge on any atom is 0.263 e. The molecule has 3 rings (SSSR count). The van der Waals surface area contributed by atoms with E-state index < -0.39 is 10.0 Å². The van der Waals surface area contributed by atoms with Crippen molar-refractivity contribution in [1.82, 2.24) is 4.98 Å². The third kappa shape index (κ3) is 4.95. The lowest BCUT2D eigenvalue weighted by Crippen LogP contribution is -2.18. The molecule has 0 aliphatic heterocycles. The molecular formula is C19H25N3O2S. The van der Waals surface area contributed by atoms with Gasteiger partial charge >= 0.3 is 0 Å². The number of hydrogen-bond donors (Lipinski definition) is 2. The third-order valence-electron chi connectivity index (χ3n) is 4.56. The van der Waals surface area contributed by atoms with Crippen molar-refractivity contribution in [3.05, 3.63) is 48.2 Å². The van der Waals surface area contributed by atoms with Gasteiger partial charge in [-0.25, -0.2) is 13.4 Å². The molecule has 1 fully saturated rings. The molecule has 0 saturated heterocycles. The molecule has 5 nitrogen and oxygen atoms in total. The largest absolute Gasteiger partial charge is 0.381 e. The first-order valence-electron chi connectivity index (χ1n) is 8.85. The molecule has 1 heterocycles. The summed E-state index contributed by atoms with van der Waals surface area (Å²) in [5, 5.41) is 3.51. The molecule has 0 atom stereocenters. The lowest BCUT2D eigenvalue weighted by atomic mass is 10.1. The van der Waals surface area contributed by atoms with Crippen LogP contribution in [0.3, 0.4) is 0 Å². The second-order valence-electron chi connectivity index (χ2n) is 6.68. The number of anilines is 2. The summed E-state index contributed by atoms with van der Waals surface area (Å²) < 4.78 is 27.3. The van der Waals surface area contributed by atoms with Crippen molar-refractivity contribution in [2.45, 2.75) is 56.4 Å². The average molecular weight is 359 g/mol. The van der Waals surface area contributed by atoms with Gasteiger partial charge in [-0.3, -0.25) is 4.72 Å². The van der Waals surface area contributed by atoms with Gasteiger partial charge in [0.15, 0.2) is 0 Å². The van der Waals surface area contributed by atoms with Crippen molar-refractivity contribution in [3.63, 3.8) is 0 Å². The summed E-state index contributed by atoms with van der Waals surface area (Å²) in [7, 11) is -3.61. The Hall–Kier alpha value is -2.08. The van der Waals surface area contributed by atoms with Crippen molar-refractivity contribution in [2.75, 3.05) is 10.0 Å². The van der Waals surface area contributed by atoms with Crippen LogP contribution in [-0.4, -0.2) is 19.4 Å². The van der Waals surface area contributed by atoms with E-state index in [1.807, 2.05) is 13.0 Å². The van der Waals surface area contributed by atoms with Crippen molar-refractivity contribution in [1.29, 1.82) is 0 Å². The Balaban J connectivity index is 1.64. The molecule has 2 N–H and O–H groups in total. The van der Waals surface area contributed by atoms with Crippen LogP contribution in [0.1, 0.15) is 44.1 Å². The fourth-order valence-corrected chi connectivity index (χ4v) is 4.12. The normalized spacial score (nSPS) is 16.2. The van der Waals surface area contributed by atoms with Gasteiger partial charge in [-0.2, -0.15) is 0 Å². The number of rotatable bonds is 5. The maximum absolute atomic E-state index is 12.4. The number of aryl methyl sites for hydroxylation is 1. The van der Waals surface area contributed by atoms with Gasteiger partial charge in [-0.15, -0.1) is 0 Å². The van der Waals surface area contributed by atoms with Crippen LogP contribution < -0.4 is 10.0 Å². The molecule has 1 aliphatic rings. The standard InChI is InChI=1S/C19H25N3O2S/c1-15-8-11-18(12-9-15)25(23,24)22-19-13-10-17(14-20-19)21-16-6-4-2-3-5-7-16/h8-14,16,21H,2-7H2,1H3,(H,20,22). The van der Waals surface area contributed by atoms with E-state index in [1.54, 1.807) is 36.5 Å². The van der Waals surface area contributed by atoms with Gasteiger partial charge in [-0.1, -0.05) is 43.4 Å². The highest BCUT2D eigenvalue weighted by Gasteiger charge is 2.15. The molecule has 0 bridgehead atoms. The quantitative estimate of drug-likeness (QED) is 0.780. The zero-order valence-corrected chi connectivity index (χ0v) is 15.3. The summed E-state index contributed by atoms with van der Waals surface area (Å²) in [6, 6.07) is 10.8. The van der Waals surface area contributed by atoms with E-state index in [9.17, 15) is 8.42 Å². The van der Waals surface area contributed by atoms with Crippen LogP contribution in [0.4, 0.5) is 11.5 Å². The van der Waals surface area contributed by atoms with Gasteiger partial charge in [0.1, 0.15) is 5.82 Å². The van der Waals surface area contributed by atoms with Crippen LogP contribution in [0, 0.1) is 6.92 Å². The molecule has 134 valence electrons. The Labute approximate surface area is 149 Å². The summed E-state index contributed by atoms with van der Waals surface area (Å²) in [6.07, 6.45) is 9.22. The molecular weight excluding hydrogens is 334 g/mol. The number of pyridine rings is 1. The molecule has 25 heavy (non-hydrogen) atoms. The predicted molar refractivity (Wildman–Crippen MR) is 101 cm³/mol. The van der Waals surface area contributed by atoms with E-state index in [4.69, 9.17) is 0 Å². The molecule has 1 aromatic heterocycles. The number of sulfonamides is 1. The Morgan fingerprint density at radius 2 is 1.64 bits per heavy atom. The summed E-state index contributed by atoms with van der Waals surface area (Å²) >= 11 is 0. The smallest absolute Gasteiger partial charge is 0.263 e. The van der Waals surface area contributed by atoms with E-state index in [2.05, 4.69) is 15.0 Å². The van der Waals surface area contributed by atoms with E-state index >= 15 is 0 Å². The van der Waals surface area contributed by atoms with Gasteiger partial charge in [0.05, 0.1) is 16.8 Å². The first kappa shape index (κ1) is 17.7. The van der Waals surface area contributed by atoms with E-state index in [0.29, 0.717) is 11.9 Å². The Bertz CT molecular complexity index is 778. The van der Waals surface area contributed by atoms with Crippen LogP contribution in [-0.2, 0) is 10.0 Å².